The first-order valence-corrected chi connectivity index (χ1v) is 32.4. The molecular formula is C66H124N2O10. The first-order chi connectivity index (χ1) is 38.4. The SMILES string of the molecule is CC/C=C\CCCCOC(CCC(=O)OCCCCCCCN(CCCCCCCOC(=O)CCC(OCCCC/C=C\CC)OCCCC/C=C\CC)CCN(CCO)CCCCCCCOC)OCCCC/C=C\CC. The van der Waals surface area contributed by atoms with Gasteiger partial charge in [0.1, 0.15) is 0 Å². The van der Waals surface area contributed by atoms with Crippen molar-refractivity contribution in [2.45, 2.75) is 265 Å². The predicted molar refractivity (Wildman–Crippen MR) is 326 cm³/mol. The second kappa shape index (κ2) is 63.8. The lowest BCUT2D eigenvalue weighted by Gasteiger charge is -2.27. The predicted octanol–water partition coefficient (Wildman–Crippen LogP) is 16.0. The lowest BCUT2D eigenvalue weighted by molar-refractivity contribution is -0.159. The van der Waals surface area contributed by atoms with Gasteiger partial charge in [0, 0.05) is 72.6 Å². The minimum atomic E-state index is -0.371. The van der Waals surface area contributed by atoms with E-state index in [-0.39, 0.29) is 31.1 Å². The van der Waals surface area contributed by atoms with Crippen LogP contribution in [-0.4, -0.2) is 139 Å². The van der Waals surface area contributed by atoms with Gasteiger partial charge in [-0.2, -0.15) is 0 Å². The number of hydrogen-bond acceptors (Lipinski definition) is 12. The quantitative estimate of drug-likeness (QED) is 0.0270. The highest BCUT2D eigenvalue weighted by Gasteiger charge is 2.16. The molecule has 0 heterocycles. The first-order valence-electron chi connectivity index (χ1n) is 32.4. The third kappa shape index (κ3) is 56.8. The summed E-state index contributed by atoms with van der Waals surface area (Å²) in [5.41, 5.74) is 0. The van der Waals surface area contributed by atoms with Crippen molar-refractivity contribution in [2.75, 3.05) is 99.2 Å². The normalized spacial score (nSPS) is 12.3. The highest BCUT2D eigenvalue weighted by Crippen LogP contribution is 2.15. The monoisotopic (exact) mass is 1100 g/mol. The topological polar surface area (TPSA) is 125 Å². The average molecular weight is 1110 g/mol. The van der Waals surface area contributed by atoms with E-state index in [1.165, 1.54) is 19.3 Å². The second-order valence-corrected chi connectivity index (χ2v) is 21.1. The Morgan fingerprint density at radius 1 is 0.359 bits per heavy atom. The van der Waals surface area contributed by atoms with Crippen LogP contribution in [-0.2, 0) is 42.7 Å². The maximum Gasteiger partial charge on any atom is 0.305 e. The molecule has 0 unspecified atom stereocenters. The molecule has 0 atom stereocenters. The van der Waals surface area contributed by atoms with E-state index in [2.05, 4.69) is 86.1 Å². The Bertz CT molecular complexity index is 1230. The van der Waals surface area contributed by atoms with Crippen molar-refractivity contribution in [3.05, 3.63) is 48.6 Å². The average Bonchev–Trinajstić information content (AvgIpc) is 3.44. The van der Waals surface area contributed by atoms with Gasteiger partial charge in [-0.15, -0.1) is 0 Å². The van der Waals surface area contributed by atoms with Crippen LogP contribution in [0.15, 0.2) is 48.6 Å². The zero-order chi connectivity index (χ0) is 56.7. The van der Waals surface area contributed by atoms with Crippen LogP contribution in [0.4, 0.5) is 0 Å². The molecule has 12 nitrogen and oxygen atoms in total. The number of ether oxygens (including phenoxy) is 7. The Morgan fingerprint density at radius 3 is 0.974 bits per heavy atom. The highest BCUT2D eigenvalue weighted by atomic mass is 16.7. The molecule has 12 heteroatoms. The van der Waals surface area contributed by atoms with Crippen molar-refractivity contribution >= 4 is 11.9 Å². The van der Waals surface area contributed by atoms with Crippen LogP contribution in [0.3, 0.4) is 0 Å². The number of carbonyl (C=O) groups is 2. The molecule has 0 amide bonds. The van der Waals surface area contributed by atoms with Crippen molar-refractivity contribution in [3.63, 3.8) is 0 Å². The van der Waals surface area contributed by atoms with E-state index in [0.717, 1.165) is 226 Å². The summed E-state index contributed by atoms with van der Waals surface area (Å²) in [6.07, 6.45) is 52.2. The van der Waals surface area contributed by atoms with Gasteiger partial charge < -0.3 is 43.2 Å². The summed E-state index contributed by atoms with van der Waals surface area (Å²) in [5, 5.41) is 9.88. The molecule has 0 rings (SSSR count). The van der Waals surface area contributed by atoms with Gasteiger partial charge >= 0.3 is 11.9 Å². The zero-order valence-electron chi connectivity index (χ0n) is 51.4. The third-order valence-electron chi connectivity index (χ3n) is 13.8. The lowest BCUT2D eigenvalue weighted by Crippen LogP contribution is -2.38. The highest BCUT2D eigenvalue weighted by molar-refractivity contribution is 5.69. The Labute approximate surface area is 480 Å². The molecule has 0 aromatic heterocycles. The number of hydrogen-bond donors (Lipinski definition) is 1. The largest absolute Gasteiger partial charge is 0.466 e. The van der Waals surface area contributed by atoms with Gasteiger partial charge in [0.25, 0.3) is 0 Å². The molecule has 0 aliphatic heterocycles. The number of nitrogens with zero attached hydrogens (tertiary/aromatic N) is 2. The smallest absolute Gasteiger partial charge is 0.305 e. The summed E-state index contributed by atoms with van der Waals surface area (Å²) in [4.78, 5) is 30.5. The summed E-state index contributed by atoms with van der Waals surface area (Å²) >= 11 is 0. The molecule has 78 heavy (non-hydrogen) atoms. The van der Waals surface area contributed by atoms with E-state index in [4.69, 9.17) is 33.2 Å². The molecule has 0 fully saturated rings. The maximum atomic E-state index is 12.7. The second-order valence-electron chi connectivity index (χ2n) is 21.1. The fraction of sp³-hybridized carbons (Fsp3) is 0.848. The summed E-state index contributed by atoms with van der Waals surface area (Å²) in [7, 11) is 1.77. The molecule has 1 N–H and O–H groups in total. The van der Waals surface area contributed by atoms with Crippen molar-refractivity contribution in [3.8, 4) is 0 Å². The number of aliphatic hydroxyl groups is 1. The molecular weight excluding hydrogens is 981 g/mol. The summed E-state index contributed by atoms with van der Waals surface area (Å²) in [5.74, 6) is -0.335. The Balaban J connectivity index is 4.85. The summed E-state index contributed by atoms with van der Waals surface area (Å²) < 4.78 is 40.9. The van der Waals surface area contributed by atoms with Gasteiger partial charge in [-0.3, -0.25) is 14.5 Å². The van der Waals surface area contributed by atoms with E-state index in [0.29, 0.717) is 65.3 Å². The first kappa shape index (κ1) is 75.6. The lowest BCUT2D eigenvalue weighted by atomic mass is 10.1. The van der Waals surface area contributed by atoms with Gasteiger partial charge in [-0.05, 0) is 161 Å². The van der Waals surface area contributed by atoms with E-state index in [1.54, 1.807) is 7.11 Å². The minimum absolute atomic E-state index is 0.168. The molecule has 0 aliphatic rings. The van der Waals surface area contributed by atoms with Crippen LogP contribution in [0.2, 0.25) is 0 Å². The maximum absolute atomic E-state index is 12.7. The van der Waals surface area contributed by atoms with E-state index in [9.17, 15) is 14.7 Å². The van der Waals surface area contributed by atoms with E-state index < -0.39 is 0 Å². The third-order valence-corrected chi connectivity index (χ3v) is 13.8. The summed E-state index contributed by atoms with van der Waals surface area (Å²) in [6.45, 7) is 19.0. The van der Waals surface area contributed by atoms with Gasteiger partial charge in [-0.25, -0.2) is 0 Å². The number of methoxy groups -OCH3 is 1. The Morgan fingerprint density at radius 2 is 0.654 bits per heavy atom. The van der Waals surface area contributed by atoms with Gasteiger partial charge in [0.2, 0.25) is 0 Å². The van der Waals surface area contributed by atoms with Crippen LogP contribution >= 0.6 is 0 Å². The summed E-state index contributed by atoms with van der Waals surface area (Å²) in [6, 6.07) is 0. The van der Waals surface area contributed by atoms with Gasteiger partial charge in [0.15, 0.2) is 12.6 Å². The molecule has 0 aromatic rings. The standard InChI is InChI=1S/C66H124N2O10/c1-6-10-14-18-29-41-59-75-65(76-60-42-30-19-15-11-7-2)47-45-63(70)73-57-39-33-23-26-35-49-67(52-53-68(54-55-69)51-37-25-22-28-38-56-72-5)50-36-27-24-34-40-58-74-64(71)46-48-66(77-61-43-31-20-16-12-8-3)78-62-44-32-21-17-13-9-4/h10-17,65-66,69H,6-9,18-62H2,1-5H3/b14-10-,15-11-,16-12-,17-13-. The Kier molecular flexibility index (Phi) is 61.8. The van der Waals surface area contributed by atoms with Crippen molar-refractivity contribution in [1.82, 2.24) is 9.80 Å². The molecule has 458 valence electrons. The molecule has 0 aromatic carbocycles. The molecule has 0 saturated carbocycles. The zero-order valence-corrected chi connectivity index (χ0v) is 51.4. The Hall–Kier alpha value is -2.42. The molecule has 0 saturated heterocycles. The van der Waals surface area contributed by atoms with Crippen molar-refractivity contribution < 1.29 is 47.9 Å². The number of aliphatic hydroxyl groups excluding tert-OH is 1. The van der Waals surface area contributed by atoms with Crippen LogP contribution in [0, 0.1) is 0 Å². The van der Waals surface area contributed by atoms with Crippen LogP contribution in [0.25, 0.3) is 0 Å². The van der Waals surface area contributed by atoms with Crippen LogP contribution in [0.5, 0.6) is 0 Å². The van der Waals surface area contributed by atoms with Gasteiger partial charge in [0.05, 0.1) is 32.7 Å². The fourth-order valence-corrected chi connectivity index (χ4v) is 9.01. The van der Waals surface area contributed by atoms with Crippen molar-refractivity contribution in [2.24, 2.45) is 0 Å². The van der Waals surface area contributed by atoms with Crippen LogP contribution in [0.1, 0.15) is 252 Å². The fourth-order valence-electron chi connectivity index (χ4n) is 9.01. The van der Waals surface area contributed by atoms with E-state index in [1.807, 2.05) is 0 Å². The number of rotatable bonds is 63. The molecule has 0 spiro atoms. The number of carbonyl (C=O) groups excluding carboxylic acids is 2. The number of allylic oxidation sites excluding steroid dienone is 8. The molecule has 0 radical (unpaired) electrons. The van der Waals surface area contributed by atoms with Crippen molar-refractivity contribution in [1.29, 1.82) is 0 Å². The van der Waals surface area contributed by atoms with Gasteiger partial charge in [-0.1, -0.05) is 134 Å². The molecule has 0 aliphatic carbocycles. The number of unbranched alkanes of at least 4 members (excludes halogenated alkanes) is 20. The van der Waals surface area contributed by atoms with Crippen LogP contribution < -0.4 is 0 Å². The minimum Gasteiger partial charge on any atom is -0.466 e. The number of esters is 2. The molecule has 0 bridgehead atoms. The van der Waals surface area contributed by atoms with E-state index >= 15 is 0 Å².